The molecule has 26 heavy (non-hydrogen) atoms. The van der Waals surface area contributed by atoms with Crippen molar-refractivity contribution in [3.63, 3.8) is 0 Å². The first-order chi connectivity index (χ1) is 12.4. The molecule has 0 bridgehead atoms. The molecule has 1 atom stereocenters. The largest absolute Gasteiger partial charge is 0.489 e. The molecule has 0 radical (unpaired) electrons. The summed E-state index contributed by atoms with van der Waals surface area (Å²) in [5, 5.41) is 11.5. The lowest BCUT2D eigenvalue weighted by molar-refractivity contribution is -0.0168. The monoisotopic (exact) mass is 377 g/mol. The summed E-state index contributed by atoms with van der Waals surface area (Å²) in [6, 6.07) is 12.2. The lowest BCUT2D eigenvalue weighted by atomic mass is 9.96. The van der Waals surface area contributed by atoms with Crippen molar-refractivity contribution >= 4 is 11.6 Å². The molecule has 3 rings (SSSR count). The second-order valence-corrected chi connectivity index (χ2v) is 7.61. The van der Waals surface area contributed by atoms with Gasteiger partial charge in [0.25, 0.3) is 0 Å². The minimum absolute atomic E-state index is 0.217. The fraction of sp³-hybridized carbons (Fsp3) is 0.429. The van der Waals surface area contributed by atoms with Crippen molar-refractivity contribution in [1.82, 2.24) is 4.90 Å². The van der Waals surface area contributed by atoms with E-state index in [1.807, 2.05) is 37.3 Å². The van der Waals surface area contributed by atoms with Crippen LogP contribution < -0.4 is 4.74 Å². The molecule has 1 N–H and O–H groups in total. The van der Waals surface area contributed by atoms with Gasteiger partial charge in [0.05, 0.1) is 10.6 Å². The highest BCUT2D eigenvalue weighted by Gasteiger charge is 2.31. The van der Waals surface area contributed by atoms with E-state index >= 15 is 0 Å². The van der Waals surface area contributed by atoms with Crippen LogP contribution in [0.25, 0.3) is 0 Å². The molecule has 2 aromatic carbocycles. The number of ether oxygens (including phenoxy) is 1. The number of halogens is 2. The molecule has 0 aromatic heterocycles. The van der Waals surface area contributed by atoms with Crippen LogP contribution in [0.2, 0.25) is 5.02 Å². The van der Waals surface area contributed by atoms with E-state index in [0.717, 1.165) is 37.2 Å². The van der Waals surface area contributed by atoms with Crippen LogP contribution in [0.4, 0.5) is 4.39 Å². The third kappa shape index (κ3) is 5.19. The van der Waals surface area contributed by atoms with Crippen molar-refractivity contribution in [2.75, 3.05) is 19.7 Å². The van der Waals surface area contributed by atoms with E-state index in [1.165, 1.54) is 12.1 Å². The zero-order chi connectivity index (χ0) is 18.6. The Hall–Kier alpha value is -1.62. The molecule has 1 fully saturated rings. The van der Waals surface area contributed by atoms with Crippen LogP contribution in [0.1, 0.15) is 30.4 Å². The second-order valence-electron chi connectivity index (χ2n) is 7.20. The average molecular weight is 378 g/mol. The van der Waals surface area contributed by atoms with Gasteiger partial charge in [-0.05, 0) is 68.1 Å². The molecule has 0 spiro atoms. The highest BCUT2D eigenvalue weighted by atomic mass is 35.5. The Morgan fingerprint density at radius 3 is 2.69 bits per heavy atom. The molecule has 0 saturated carbocycles. The van der Waals surface area contributed by atoms with Crippen LogP contribution in [0.5, 0.6) is 5.75 Å². The number of nitrogens with zero attached hydrogens (tertiary/aromatic N) is 1. The standard InChI is InChI=1S/C21H25ClFNO2/c1-16-3-8-19(22)20(13-16)26-15-21(25)9-2-11-24(12-10-21)14-17-4-6-18(23)7-5-17/h3-8,13,25H,2,9-12,14-15H2,1H3. The van der Waals surface area contributed by atoms with Crippen molar-refractivity contribution in [2.24, 2.45) is 0 Å². The number of aryl methyl sites for hydroxylation is 1. The molecule has 1 saturated heterocycles. The molecule has 1 unspecified atom stereocenters. The van der Waals surface area contributed by atoms with Crippen molar-refractivity contribution < 1.29 is 14.2 Å². The summed E-state index contributed by atoms with van der Waals surface area (Å²) in [6.45, 7) is 4.67. The molecular weight excluding hydrogens is 353 g/mol. The Morgan fingerprint density at radius 1 is 1.15 bits per heavy atom. The van der Waals surface area contributed by atoms with E-state index in [1.54, 1.807) is 0 Å². The maximum absolute atomic E-state index is 13.0. The minimum Gasteiger partial charge on any atom is -0.489 e. The number of rotatable bonds is 5. The van der Waals surface area contributed by atoms with Crippen molar-refractivity contribution in [3.8, 4) is 5.75 Å². The Balaban J connectivity index is 1.56. The van der Waals surface area contributed by atoms with Crippen molar-refractivity contribution in [1.29, 1.82) is 0 Å². The van der Waals surface area contributed by atoms with E-state index in [-0.39, 0.29) is 12.4 Å². The SMILES string of the molecule is Cc1ccc(Cl)c(OCC2(O)CCCN(Cc3ccc(F)cc3)CC2)c1. The highest BCUT2D eigenvalue weighted by Crippen LogP contribution is 2.29. The smallest absolute Gasteiger partial charge is 0.138 e. The summed E-state index contributed by atoms with van der Waals surface area (Å²) < 4.78 is 18.9. The van der Waals surface area contributed by atoms with Crippen LogP contribution in [-0.2, 0) is 6.54 Å². The zero-order valence-corrected chi connectivity index (χ0v) is 15.8. The van der Waals surface area contributed by atoms with Gasteiger partial charge in [-0.3, -0.25) is 4.90 Å². The van der Waals surface area contributed by atoms with Gasteiger partial charge in [-0.2, -0.15) is 0 Å². The third-order valence-corrected chi connectivity index (χ3v) is 5.22. The number of benzene rings is 2. The fourth-order valence-electron chi connectivity index (χ4n) is 3.32. The van der Waals surface area contributed by atoms with E-state index < -0.39 is 5.60 Å². The number of hydrogen-bond donors (Lipinski definition) is 1. The van der Waals surface area contributed by atoms with Gasteiger partial charge in [-0.25, -0.2) is 4.39 Å². The summed E-state index contributed by atoms with van der Waals surface area (Å²) >= 11 is 6.17. The highest BCUT2D eigenvalue weighted by molar-refractivity contribution is 6.32. The van der Waals surface area contributed by atoms with Crippen LogP contribution in [0, 0.1) is 12.7 Å². The van der Waals surface area contributed by atoms with E-state index in [4.69, 9.17) is 16.3 Å². The lowest BCUT2D eigenvalue weighted by Gasteiger charge is -2.27. The van der Waals surface area contributed by atoms with E-state index in [0.29, 0.717) is 23.6 Å². The second kappa shape index (κ2) is 8.38. The Morgan fingerprint density at radius 2 is 1.92 bits per heavy atom. The molecule has 5 heteroatoms. The molecule has 0 aliphatic carbocycles. The van der Waals surface area contributed by atoms with Gasteiger partial charge < -0.3 is 9.84 Å². The van der Waals surface area contributed by atoms with Gasteiger partial charge in [0.1, 0.15) is 18.2 Å². The van der Waals surface area contributed by atoms with Crippen LogP contribution in [0.3, 0.4) is 0 Å². The van der Waals surface area contributed by atoms with Crippen molar-refractivity contribution in [3.05, 3.63) is 64.4 Å². The normalized spacial score (nSPS) is 21.4. The van der Waals surface area contributed by atoms with Gasteiger partial charge in [-0.15, -0.1) is 0 Å². The fourth-order valence-corrected chi connectivity index (χ4v) is 3.49. The summed E-state index contributed by atoms with van der Waals surface area (Å²) in [7, 11) is 0. The predicted octanol–water partition coefficient (Wildman–Crippen LogP) is 4.58. The first-order valence-electron chi connectivity index (χ1n) is 9.02. The summed E-state index contributed by atoms with van der Waals surface area (Å²) in [6.07, 6.45) is 2.22. The van der Waals surface area contributed by atoms with Crippen LogP contribution in [0.15, 0.2) is 42.5 Å². The topological polar surface area (TPSA) is 32.7 Å². The lowest BCUT2D eigenvalue weighted by Crippen LogP contribution is -2.37. The van der Waals surface area contributed by atoms with Crippen molar-refractivity contribution in [2.45, 2.75) is 38.3 Å². The van der Waals surface area contributed by atoms with Gasteiger partial charge in [0, 0.05) is 13.1 Å². The first-order valence-corrected chi connectivity index (χ1v) is 9.39. The predicted molar refractivity (Wildman–Crippen MR) is 102 cm³/mol. The first kappa shape index (κ1) is 19.2. The Kier molecular flexibility index (Phi) is 6.17. The molecule has 140 valence electrons. The summed E-state index contributed by atoms with van der Waals surface area (Å²) in [4.78, 5) is 2.30. The summed E-state index contributed by atoms with van der Waals surface area (Å²) in [5.74, 6) is 0.401. The minimum atomic E-state index is -0.857. The maximum Gasteiger partial charge on any atom is 0.138 e. The summed E-state index contributed by atoms with van der Waals surface area (Å²) in [5.41, 5.74) is 1.30. The van der Waals surface area contributed by atoms with Gasteiger partial charge >= 0.3 is 0 Å². The maximum atomic E-state index is 13.0. The van der Waals surface area contributed by atoms with Crippen LogP contribution in [-0.4, -0.2) is 35.3 Å². The Labute approximate surface area is 159 Å². The molecule has 2 aromatic rings. The quantitative estimate of drug-likeness (QED) is 0.827. The zero-order valence-electron chi connectivity index (χ0n) is 15.0. The molecule has 1 aliphatic rings. The number of hydrogen-bond acceptors (Lipinski definition) is 3. The van der Waals surface area contributed by atoms with Gasteiger partial charge in [0.15, 0.2) is 0 Å². The molecular formula is C21H25ClFNO2. The molecule has 1 aliphatic heterocycles. The average Bonchev–Trinajstić information content (AvgIpc) is 2.80. The van der Waals surface area contributed by atoms with E-state index in [9.17, 15) is 9.50 Å². The Bertz CT molecular complexity index is 737. The molecule has 3 nitrogen and oxygen atoms in total. The van der Waals surface area contributed by atoms with E-state index in [2.05, 4.69) is 4.90 Å². The van der Waals surface area contributed by atoms with Gasteiger partial charge in [-0.1, -0.05) is 29.8 Å². The van der Waals surface area contributed by atoms with Gasteiger partial charge in [0.2, 0.25) is 0 Å². The third-order valence-electron chi connectivity index (χ3n) is 4.91. The number of aliphatic hydroxyl groups is 1. The van der Waals surface area contributed by atoms with Crippen LogP contribution >= 0.6 is 11.6 Å². The number of likely N-dealkylation sites (tertiary alicyclic amines) is 1. The molecule has 0 amide bonds. The molecule has 1 heterocycles.